The van der Waals surface area contributed by atoms with E-state index in [1.54, 1.807) is 24.3 Å². The summed E-state index contributed by atoms with van der Waals surface area (Å²) in [6.07, 6.45) is -16.4. The van der Waals surface area contributed by atoms with Crippen molar-refractivity contribution < 1.29 is 52.7 Å². The molecule has 1 aliphatic carbocycles. The van der Waals surface area contributed by atoms with Crippen molar-refractivity contribution in [2.45, 2.75) is 43.2 Å². The van der Waals surface area contributed by atoms with Crippen LogP contribution in [0.15, 0.2) is 145 Å². The zero-order chi connectivity index (χ0) is 39.9. The van der Waals surface area contributed by atoms with Crippen LogP contribution >= 0.6 is 15.8 Å². The van der Waals surface area contributed by atoms with Gasteiger partial charge in [0.25, 0.3) is 0 Å². The number of allylic oxidation sites excluding steroid dienone is 4. The Kier molecular flexibility index (Phi) is 11.2. The molecule has 0 aromatic heterocycles. The Morgan fingerprint density at radius 1 is 0.473 bits per heavy atom. The summed E-state index contributed by atoms with van der Waals surface area (Å²) in [5.41, 5.74) is -7.02. The van der Waals surface area contributed by atoms with Crippen LogP contribution in [0.2, 0.25) is 0 Å². The molecule has 0 aliphatic heterocycles. The van der Waals surface area contributed by atoms with Crippen LogP contribution in [-0.4, -0.2) is 5.66 Å². The Labute approximate surface area is 310 Å². The van der Waals surface area contributed by atoms with Crippen LogP contribution in [0, 0.1) is 0 Å². The van der Waals surface area contributed by atoms with E-state index in [0.717, 1.165) is 15.9 Å². The number of hydrogen-bond acceptors (Lipinski definition) is 0. The summed E-state index contributed by atoms with van der Waals surface area (Å²) in [4.78, 5) is 0. The molecule has 0 N–H and O–H groups in total. The van der Waals surface area contributed by atoms with Crippen LogP contribution in [-0.2, 0) is 24.7 Å². The second-order valence-electron chi connectivity index (χ2n) is 12.7. The maximum Gasteiger partial charge on any atom is 0.416 e. The first-order valence-electron chi connectivity index (χ1n) is 16.5. The van der Waals surface area contributed by atoms with Crippen molar-refractivity contribution in [3.05, 3.63) is 173 Å². The molecule has 0 fully saturated rings. The van der Waals surface area contributed by atoms with Crippen LogP contribution in [0.4, 0.5) is 52.7 Å². The van der Waals surface area contributed by atoms with Gasteiger partial charge < -0.3 is 0 Å². The summed E-state index contributed by atoms with van der Waals surface area (Å²) in [6.45, 7) is 1.42. The van der Waals surface area contributed by atoms with Gasteiger partial charge in [-0.2, -0.15) is 52.7 Å². The molecule has 0 heterocycles. The van der Waals surface area contributed by atoms with Gasteiger partial charge >= 0.3 is 24.7 Å². The van der Waals surface area contributed by atoms with E-state index in [1.165, 1.54) is 6.92 Å². The van der Waals surface area contributed by atoms with Gasteiger partial charge in [0.05, 0.1) is 22.3 Å². The molecule has 0 amide bonds. The molecule has 14 heteroatoms. The second kappa shape index (κ2) is 15.3. The highest BCUT2D eigenvalue weighted by atomic mass is 31.1. The van der Waals surface area contributed by atoms with E-state index in [-0.39, 0.29) is 12.1 Å². The summed E-state index contributed by atoms with van der Waals surface area (Å²) in [5, 5.41) is 1.41. The number of halogens is 12. The summed E-state index contributed by atoms with van der Waals surface area (Å²) in [7, 11) is -4.06. The number of alkyl halides is 12. The Morgan fingerprint density at radius 3 is 1.25 bits per heavy atom. The van der Waals surface area contributed by atoms with Crippen LogP contribution < -0.4 is 26.5 Å². The fourth-order valence-electron chi connectivity index (χ4n) is 6.61. The van der Waals surface area contributed by atoms with Crippen LogP contribution in [0.5, 0.6) is 0 Å². The molecular formula is C41H28F12P2. The van der Waals surface area contributed by atoms with Crippen molar-refractivity contribution in [1.29, 1.82) is 0 Å². The maximum absolute atomic E-state index is 14.2. The summed E-state index contributed by atoms with van der Waals surface area (Å²) < 4.78 is 170. The van der Waals surface area contributed by atoms with Crippen molar-refractivity contribution in [3.8, 4) is 0 Å². The minimum absolute atomic E-state index is 0.125. The minimum atomic E-state index is -5.33. The molecule has 0 nitrogen and oxygen atoms in total. The summed E-state index contributed by atoms with van der Waals surface area (Å²) >= 11 is 0. The lowest BCUT2D eigenvalue weighted by Gasteiger charge is -2.33. The predicted molar refractivity (Wildman–Crippen MR) is 194 cm³/mol. The molecule has 5 aromatic rings. The van der Waals surface area contributed by atoms with Crippen molar-refractivity contribution in [2.75, 3.05) is 0 Å². The molecule has 1 aliphatic rings. The average molecular weight is 811 g/mol. The van der Waals surface area contributed by atoms with Crippen molar-refractivity contribution in [3.63, 3.8) is 0 Å². The monoisotopic (exact) mass is 810 g/mol. The van der Waals surface area contributed by atoms with Crippen molar-refractivity contribution in [1.82, 2.24) is 0 Å². The molecule has 0 saturated heterocycles. The molecule has 286 valence electrons. The molecule has 6 rings (SSSR count). The van der Waals surface area contributed by atoms with E-state index in [2.05, 4.69) is 0 Å². The minimum Gasteiger partial charge on any atom is -0.166 e. The smallest absolute Gasteiger partial charge is 0.166 e. The third-order valence-electron chi connectivity index (χ3n) is 9.06. The maximum atomic E-state index is 14.2. The topological polar surface area (TPSA) is 0 Å². The van der Waals surface area contributed by atoms with E-state index in [9.17, 15) is 52.7 Å². The third kappa shape index (κ3) is 8.86. The third-order valence-corrected chi connectivity index (χ3v) is 14.3. The number of rotatable bonds is 8. The van der Waals surface area contributed by atoms with Gasteiger partial charge in [0.2, 0.25) is 0 Å². The molecule has 1 unspecified atom stereocenters. The fourth-order valence-corrected chi connectivity index (χ4v) is 12.0. The lowest BCUT2D eigenvalue weighted by Crippen LogP contribution is -2.28. The summed E-state index contributed by atoms with van der Waals surface area (Å²) in [6, 6.07) is 27.6. The van der Waals surface area contributed by atoms with Gasteiger partial charge in [-0.1, -0.05) is 116 Å². The van der Waals surface area contributed by atoms with E-state index in [4.69, 9.17) is 0 Å². The van der Waals surface area contributed by atoms with Gasteiger partial charge in [0, 0.05) is 11.6 Å². The molecule has 0 saturated carbocycles. The zero-order valence-electron chi connectivity index (χ0n) is 28.4. The average Bonchev–Trinajstić information content (AvgIpc) is 3.61. The Morgan fingerprint density at radius 2 is 0.855 bits per heavy atom. The first-order chi connectivity index (χ1) is 25.7. The molecule has 0 bridgehead atoms. The van der Waals surface area contributed by atoms with Crippen molar-refractivity contribution in [2.24, 2.45) is 0 Å². The molecule has 0 spiro atoms. The quantitative estimate of drug-likeness (QED) is 0.108. The largest absolute Gasteiger partial charge is 0.416 e. The second-order valence-corrected chi connectivity index (χ2v) is 17.4. The molecule has 2 atom stereocenters. The molecular weight excluding hydrogens is 782 g/mol. The van der Waals surface area contributed by atoms with Crippen LogP contribution in [0.1, 0.15) is 40.7 Å². The zero-order valence-corrected chi connectivity index (χ0v) is 30.2. The van der Waals surface area contributed by atoms with Crippen LogP contribution in [0.3, 0.4) is 0 Å². The molecule has 0 radical (unpaired) electrons. The van der Waals surface area contributed by atoms with Gasteiger partial charge in [-0.3, -0.25) is 0 Å². The SMILES string of the molecule is C[C@H](C1=CC=CC1c1ccccc1P(c1ccccc1)c1ccccc1)P(c1cc(C(F)(F)F)cc(C(F)(F)F)c1)c1cc(C(F)(F)F)cc(C(F)(F)F)c1. The standard InChI is InChI=1S/C41H28F12P2/c1-25(34-16-10-17-35(34)36-15-8-9-18-37(36)55(30-11-4-2-5-12-30)31-13-6-3-7-14-31)54(32-21-26(38(42,43)44)19-27(22-32)39(45,46)47)33-23-28(40(48,49)50)20-29(24-33)41(51,52)53/h2-25,35H,1H3/t25-,35?/m1/s1. The Balaban J connectivity index is 1.57. The van der Waals surface area contributed by atoms with Crippen molar-refractivity contribution >= 4 is 42.4 Å². The number of hydrogen-bond donors (Lipinski definition) is 0. The van der Waals surface area contributed by atoms with Gasteiger partial charge in [0.1, 0.15) is 0 Å². The lowest BCUT2D eigenvalue weighted by atomic mass is 9.92. The first-order valence-corrected chi connectivity index (χ1v) is 19.2. The summed E-state index contributed by atoms with van der Waals surface area (Å²) in [5.74, 6) is -0.686. The first kappa shape index (κ1) is 40.3. The highest BCUT2D eigenvalue weighted by Crippen LogP contribution is 2.51. The molecule has 55 heavy (non-hydrogen) atoms. The normalized spacial score (nSPS) is 15.8. The predicted octanol–water partition coefficient (Wildman–Crippen LogP) is 11.6. The Hall–Kier alpha value is -4.40. The number of benzene rings is 5. The van der Waals surface area contributed by atoms with Gasteiger partial charge in [-0.05, 0) is 84.3 Å². The fraction of sp³-hybridized carbons (Fsp3) is 0.171. The van der Waals surface area contributed by atoms with E-state index in [0.29, 0.717) is 35.4 Å². The molecule has 5 aromatic carbocycles. The van der Waals surface area contributed by atoms with E-state index in [1.807, 2.05) is 78.9 Å². The van der Waals surface area contributed by atoms with Gasteiger partial charge in [-0.25, -0.2) is 0 Å². The highest BCUT2D eigenvalue weighted by molar-refractivity contribution is 7.80. The van der Waals surface area contributed by atoms with Gasteiger partial charge in [0.15, 0.2) is 0 Å². The highest BCUT2D eigenvalue weighted by Gasteiger charge is 2.42. The lowest BCUT2D eigenvalue weighted by molar-refractivity contribution is -0.144. The Bertz CT molecular complexity index is 2020. The van der Waals surface area contributed by atoms with E-state index >= 15 is 0 Å². The van der Waals surface area contributed by atoms with Gasteiger partial charge in [-0.15, -0.1) is 0 Å². The van der Waals surface area contributed by atoms with Crippen LogP contribution in [0.25, 0.3) is 0 Å². The van der Waals surface area contributed by atoms with E-state index < -0.39 is 85.0 Å².